The topological polar surface area (TPSA) is 70.1 Å². The summed E-state index contributed by atoms with van der Waals surface area (Å²) in [6.07, 6.45) is 1.62. The molecular formula is C9H9N3O2. The molecule has 14 heavy (non-hydrogen) atoms. The van der Waals surface area contributed by atoms with Crippen LogP contribution in [0.2, 0.25) is 0 Å². The maximum Gasteiger partial charge on any atom is 0.356 e. The second kappa shape index (κ2) is 3.02. The zero-order valence-corrected chi connectivity index (χ0v) is 7.60. The average Bonchev–Trinajstić information content (AvgIpc) is 2.56. The molecule has 0 aliphatic heterocycles. The molecular weight excluding hydrogens is 182 g/mol. The van der Waals surface area contributed by atoms with E-state index in [2.05, 4.69) is 9.72 Å². The minimum Gasteiger partial charge on any atom is -0.464 e. The number of pyridine rings is 1. The van der Waals surface area contributed by atoms with Gasteiger partial charge in [0.1, 0.15) is 5.69 Å². The summed E-state index contributed by atoms with van der Waals surface area (Å²) in [6.45, 7) is 0. The van der Waals surface area contributed by atoms with Crippen LogP contribution in [-0.2, 0) is 4.74 Å². The Morgan fingerprint density at radius 1 is 1.64 bits per heavy atom. The largest absolute Gasteiger partial charge is 0.464 e. The number of carbonyl (C=O) groups excluding carboxylic acids is 1. The summed E-state index contributed by atoms with van der Waals surface area (Å²) in [5.74, 6) is 5.20. The first-order chi connectivity index (χ1) is 6.74. The predicted molar refractivity (Wildman–Crippen MR) is 51.2 cm³/mol. The van der Waals surface area contributed by atoms with E-state index in [1.54, 1.807) is 18.3 Å². The smallest absolute Gasteiger partial charge is 0.356 e. The van der Waals surface area contributed by atoms with Crippen LogP contribution in [0.15, 0.2) is 24.4 Å². The van der Waals surface area contributed by atoms with Gasteiger partial charge in [0.05, 0.1) is 7.11 Å². The van der Waals surface area contributed by atoms with Crippen molar-refractivity contribution in [1.82, 2.24) is 9.66 Å². The summed E-state index contributed by atoms with van der Waals surface area (Å²) in [6, 6.07) is 5.26. The average molecular weight is 191 g/mol. The number of nitrogens with two attached hydrogens (primary N) is 1. The summed E-state index contributed by atoms with van der Waals surface area (Å²) < 4.78 is 5.80. The predicted octanol–water partition coefficient (Wildman–Crippen LogP) is 0.537. The quantitative estimate of drug-likeness (QED) is 0.527. The zero-order chi connectivity index (χ0) is 10.1. The Morgan fingerprint density at radius 3 is 3.07 bits per heavy atom. The van der Waals surface area contributed by atoms with E-state index in [1.807, 2.05) is 6.07 Å². The van der Waals surface area contributed by atoms with Gasteiger partial charge in [-0.3, -0.25) is 0 Å². The molecule has 0 spiro atoms. The molecule has 2 heterocycles. The number of esters is 1. The van der Waals surface area contributed by atoms with E-state index < -0.39 is 5.97 Å². The highest BCUT2D eigenvalue weighted by molar-refractivity contribution is 5.94. The lowest BCUT2D eigenvalue weighted by molar-refractivity contribution is 0.0591. The third-order valence-corrected chi connectivity index (χ3v) is 1.99. The molecule has 0 fully saturated rings. The van der Waals surface area contributed by atoms with Crippen LogP contribution in [-0.4, -0.2) is 22.7 Å². The van der Waals surface area contributed by atoms with Crippen LogP contribution in [0.5, 0.6) is 0 Å². The van der Waals surface area contributed by atoms with Crippen molar-refractivity contribution in [3.8, 4) is 0 Å². The fourth-order valence-corrected chi connectivity index (χ4v) is 1.32. The summed E-state index contributed by atoms with van der Waals surface area (Å²) >= 11 is 0. The number of ether oxygens (including phenoxy) is 1. The minimum absolute atomic E-state index is 0.293. The van der Waals surface area contributed by atoms with E-state index in [0.29, 0.717) is 11.3 Å². The lowest BCUT2D eigenvalue weighted by Gasteiger charge is -2.00. The summed E-state index contributed by atoms with van der Waals surface area (Å²) in [7, 11) is 1.31. The van der Waals surface area contributed by atoms with Crippen LogP contribution < -0.4 is 5.84 Å². The number of carbonyl (C=O) groups is 1. The summed E-state index contributed by atoms with van der Waals surface area (Å²) in [4.78, 5) is 15.3. The van der Waals surface area contributed by atoms with Crippen molar-refractivity contribution in [1.29, 1.82) is 0 Å². The second-order valence-electron chi connectivity index (χ2n) is 2.81. The van der Waals surface area contributed by atoms with Crippen molar-refractivity contribution in [3.63, 3.8) is 0 Å². The van der Waals surface area contributed by atoms with Crippen molar-refractivity contribution < 1.29 is 9.53 Å². The zero-order valence-electron chi connectivity index (χ0n) is 7.60. The van der Waals surface area contributed by atoms with Gasteiger partial charge in [-0.05, 0) is 18.2 Å². The van der Waals surface area contributed by atoms with Crippen molar-refractivity contribution in [3.05, 3.63) is 30.1 Å². The highest BCUT2D eigenvalue weighted by atomic mass is 16.5. The number of methoxy groups -OCH3 is 1. The van der Waals surface area contributed by atoms with Crippen LogP contribution in [0.4, 0.5) is 0 Å². The Morgan fingerprint density at radius 2 is 2.43 bits per heavy atom. The molecule has 2 rings (SSSR count). The second-order valence-corrected chi connectivity index (χ2v) is 2.81. The Kier molecular flexibility index (Phi) is 1.85. The van der Waals surface area contributed by atoms with Crippen LogP contribution in [0.3, 0.4) is 0 Å². The van der Waals surface area contributed by atoms with Crippen molar-refractivity contribution in [2.24, 2.45) is 0 Å². The Hall–Kier alpha value is -2.04. The van der Waals surface area contributed by atoms with Gasteiger partial charge >= 0.3 is 5.97 Å². The van der Waals surface area contributed by atoms with E-state index in [9.17, 15) is 4.79 Å². The van der Waals surface area contributed by atoms with Crippen LogP contribution in [0.1, 0.15) is 10.5 Å². The van der Waals surface area contributed by atoms with Gasteiger partial charge in [0.15, 0.2) is 5.65 Å². The molecule has 5 heteroatoms. The molecule has 5 nitrogen and oxygen atoms in total. The lowest BCUT2D eigenvalue weighted by Crippen LogP contribution is -2.17. The molecule has 0 bridgehead atoms. The van der Waals surface area contributed by atoms with Gasteiger partial charge in [0, 0.05) is 11.6 Å². The highest BCUT2D eigenvalue weighted by Crippen LogP contribution is 2.14. The number of nitrogens with zero attached hydrogens (tertiary/aromatic N) is 2. The van der Waals surface area contributed by atoms with E-state index in [4.69, 9.17) is 5.84 Å². The molecule has 2 aromatic rings. The molecule has 0 saturated heterocycles. The standard InChI is InChI=1S/C9H9N3O2/c1-14-9(13)7-5-6-3-2-4-11-8(6)12(7)10/h2-5H,10H2,1H3. The molecule has 0 aliphatic rings. The molecule has 0 saturated carbocycles. The number of aromatic nitrogens is 2. The molecule has 2 aromatic heterocycles. The number of nitrogen functional groups attached to an aromatic ring is 1. The Labute approximate surface area is 80.1 Å². The third kappa shape index (κ3) is 1.10. The monoisotopic (exact) mass is 191 g/mol. The molecule has 0 aliphatic carbocycles. The highest BCUT2D eigenvalue weighted by Gasteiger charge is 2.14. The molecule has 0 radical (unpaired) electrons. The van der Waals surface area contributed by atoms with Crippen molar-refractivity contribution in [2.75, 3.05) is 13.0 Å². The lowest BCUT2D eigenvalue weighted by atomic mass is 10.3. The van der Waals surface area contributed by atoms with E-state index in [0.717, 1.165) is 5.39 Å². The Bertz CT molecular complexity index is 490. The molecule has 0 aromatic carbocycles. The van der Waals surface area contributed by atoms with Gasteiger partial charge in [-0.25, -0.2) is 14.5 Å². The fraction of sp³-hybridized carbons (Fsp3) is 0.111. The first kappa shape index (κ1) is 8.55. The molecule has 72 valence electrons. The first-order valence-electron chi connectivity index (χ1n) is 4.04. The molecule has 2 N–H and O–H groups in total. The Balaban J connectivity index is 2.68. The van der Waals surface area contributed by atoms with Gasteiger partial charge < -0.3 is 10.6 Å². The molecule has 0 unspecified atom stereocenters. The van der Waals surface area contributed by atoms with E-state index in [1.165, 1.54) is 11.8 Å². The SMILES string of the molecule is COC(=O)c1cc2cccnc2n1N. The fourth-order valence-electron chi connectivity index (χ4n) is 1.32. The normalized spacial score (nSPS) is 10.4. The first-order valence-corrected chi connectivity index (χ1v) is 4.04. The van der Waals surface area contributed by atoms with Crippen LogP contribution >= 0.6 is 0 Å². The maximum absolute atomic E-state index is 11.3. The third-order valence-electron chi connectivity index (χ3n) is 1.99. The summed E-state index contributed by atoms with van der Waals surface area (Å²) in [5, 5.41) is 0.815. The van der Waals surface area contributed by atoms with E-state index >= 15 is 0 Å². The van der Waals surface area contributed by atoms with Crippen molar-refractivity contribution >= 4 is 17.0 Å². The van der Waals surface area contributed by atoms with Gasteiger partial charge in [-0.2, -0.15) is 0 Å². The van der Waals surface area contributed by atoms with Crippen LogP contribution in [0.25, 0.3) is 11.0 Å². The number of fused-ring (bicyclic) bond motifs is 1. The van der Waals surface area contributed by atoms with E-state index in [-0.39, 0.29) is 0 Å². The number of rotatable bonds is 1. The van der Waals surface area contributed by atoms with Gasteiger partial charge in [0.25, 0.3) is 0 Å². The molecule has 0 amide bonds. The van der Waals surface area contributed by atoms with Crippen LogP contribution in [0, 0.1) is 0 Å². The number of hydrogen-bond donors (Lipinski definition) is 1. The van der Waals surface area contributed by atoms with Gasteiger partial charge in [-0.1, -0.05) is 0 Å². The van der Waals surface area contributed by atoms with Gasteiger partial charge in [0.2, 0.25) is 0 Å². The summed E-state index contributed by atoms with van der Waals surface area (Å²) in [5.41, 5.74) is 0.856. The number of hydrogen-bond acceptors (Lipinski definition) is 4. The minimum atomic E-state index is -0.467. The van der Waals surface area contributed by atoms with Crippen molar-refractivity contribution in [2.45, 2.75) is 0 Å². The maximum atomic E-state index is 11.3. The molecule has 0 atom stereocenters. The van der Waals surface area contributed by atoms with Gasteiger partial charge in [-0.15, -0.1) is 0 Å².